The van der Waals surface area contributed by atoms with E-state index < -0.39 is 6.04 Å². The molecule has 4 heteroatoms. The second-order valence-electron chi connectivity index (χ2n) is 4.59. The van der Waals surface area contributed by atoms with Crippen LogP contribution in [0.5, 0.6) is 0 Å². The van der Waals surface area contributed by atoms with Crippen molar-refractivity contribution in [1.29, 1.82) is 0 Å². The summed E-state index contributed by atoms with van der Waals surface area (Å²) in [5, 5.41) is 2.37. The van der Waals surface area contributed by atoms with Crippen molar-refractivity contribution in [2.45, 2.75) is 6.04 Å². The molecule has 0 bridgehead atoms. The van der Waals surface area contributed by atoms with Gasteiger partial charge in [0.05, 0.1) is 6.04 Å². The Hall–Kier alpha value is -1.97. The summed E-state index contributed by atoms with van der Waals surface area (Å²) in [7, 11) is 0. The largest absolute Gasteiger partial charge is 0.320 e. The second-order valence-corrected chi connectivity index (χ2v) is 4.99. The molecule has 0 saturated carbocycles. The SMILES string of the molecule is NC(c1ccc(F)cc1Cl)c1cccc2ccncc12. The van der Waals surface area contributed by atoms with E-state index in [9.17, 15) is 4.39 Å². The van der Waals surface area contributed by atoms with Crippen molar-refractivity contribution in [3.8, 4) is 0 Å². The van der Waals surface area contributed by atoms with Gasteiger partial charge in [0, 0.05) is 22.8 Å². The van der Waals surface area contributed by atoms with Crippen molar-refractivity contribution in [1.82, 2.24) is 4.98 Å². The lowest BCUT2D eigenvalue weighted by atomic mass is 9.95. The van der Waals surface area contributed by atoms with E-state index in [1.807, 2.05) is 24.3 Å². The molecule has 3 aromatic rings. The van der Waals surface area contributed by atoms with E-state index in [4.69, 9.17) is 17.3 Å². The fourth-order valence-electron chi connectivity index (χ4n) is 2.33. The smallest absolute Gasteiger partial charge is 0.124 e. The fourth-order valence-corrected chi connectivity index (χ4v) is 2.61. The Bertz CT molecular complexity index is 768. The van der Waals surface area contributed by atoms with Gasteiger partial charge < -0.3 is 5.73 Å². The minimum Gasteiger partial charge on any atom is -0.320 e. The zero-order valence-electron chi connectivity index (χ0n) is 10.6. The van der Waals surface area contributed by atoms with Gasteiger partial charge in [0.25, 0.3) is 0 Å². The van der Waals surface area contributed by atoms with E-state index in [0.717, 1.165) is 16.3 Å². The second kappa shape index (κ2) is 5.19. The molecule has 0 amide bonds. The van der Waals surface area contributed by atoms with Gasteiger partial charge in [-0.1, -0.05) is 35.9 Å². The van der Waals surface area contributed by atoms with Gasteiger partial charge in [-0.3, -0.25) is 4.98 Å². The van der Waals surface area contributed by atoms with E-state index in [1.165, 1.54) is 12.1 Å². The molecule has 20 heavy (non-hydrogen) atoms. The number of nitrogens with zero attached hydrogens (tertiary/aromatic N) is 1. The lowest BCUT2D eigenvalue weighted by molar-refractivity contribution is 0.626. The first-order valence-electron chi connectivity index (χ1n) is 6.20. The van der Waals surface area contributed by atoms with Gasteiger partial charge in [0.15, 0.2) is 0 Å². The van der Waals surface area contributed by atoms with Crippen molar-refractivity contribution in [3.05, 3.63) is 76.8 Å². The topological polar surface area (TPSA) is 38.9 Å². The first-order chi connectivity index (χ1) is 9.66. The Balaban J connectivity index is 2.15. The quantitative estimate of drug-likeness (QED) is 0.771. The molecule has 0 spiro atoms. The van der Waals surface area contributed by atoms with Crippen molar-refractivity contribution >= 4 is 22.4 Å². The predicted molar refractivity (Wildman–Crippen MR) is 79.2 cm³/mol. The molecule has 1 unspecified atom stereocenters. The molecule has 2 aromatic carbocycles. The summed E-state index contributed by atoms with van der Waals surface area (Å²) in [6, 6.07) is 11.7. The fraction of sp³-hybridized carbons (Fsp3) is 0.0625. The van der Waals surface area contributed by atoms with Gasteiger partial charge >= 0.3 is 0 Å². The third-order valence-corrected chi connectivity index (χ3v) is 3.68. The molecule has 0 aliphatic rings. The van der Waals surface area contributed by atoms with Crippen LogP contribution < -0.4 is 5.73 Å². The van der Waals surface area contributed by atoms with Gasteiger partial charge in [0.2, 0.25) is 0 Å². The van der Waals surface area contributed by atoms with E-state index in [1.54, 1.807) is 18.5 Å². The molecule has 3 rings (SSSR count). The molecule has 2 nitrogen and oxygen atoms in total. The maximum absolute atomic E-state index is 13.1. The summed E-state index contributed by atoms with van der Waals surface area (Å²) >= 11 is 6.09. The molecule has 2 N–H and O–H groups in total. The lowest BCUT2D eigenvalue weighted by Gasteiger charge is -2.16. The van der Waals surface area contributed by atoms with Gasteiger partial charge in [-0.05, 0) is 34.7 Å². The maximum atomic E-state index is 13.1. The van der Waals surface area contributed by atoms with E-state index >= 15 is 0 Å². The van der Waals surface area contributed by atoms with E-state index in [0.29, 0.717) is 10.6 Å². The standard InChI is InChI=1S/C16H12ClFN2/c17-15-8-11(18)4-5-13(15)16(19)12-3-1-2-10-6-7-20-9-14(10)12/h1-9,16H,19H2. The number of benzene rings is 2. The Morgan fingerprint density at radius 2 is 1.95 bits per heavy atom. The van der Waals surface area contributed by atoms with Crippen LogP contribution in [0.15, 0.2) is 54.9 Å². The number of aromatic nitrogens is 1. The van der Waals surface area contributed by atoms with Gasteiger partial charge in [-0.25, -0.2) is 4.39 Å². The van der Waals surface area contributed by atoms with E-state index in [2.05, 4.69) is 4.98 Å². The van der Waals surface area contributed by atoms with Crippen molar-refractivity contribution in [2.75, 3.05) is 0 Å². The van der Waals surface area contributed by atoms with Gasteiger partial charge in [-0.2, -0.15) is 0 Å². The first kappa shape index (κ1) is 13.0. The number of halogens is 2. The Labute approximate surface area is 121 Å². The highest BCUT2D eigenvalue weighted by atomic mass is 35.5. The highest BCUT2D eigenvalue weighted by molar-refractivity contribution is 6.31. The number of hydrogen-bond acceptors (Lipinski definition) is 2. The zero-order chi connectivity index (χ0) is 14.1. The summed E-state index contributed by atoms with van der Waals surface area (Å²) < 4.78 is 13.1. The molecule has 1 heterocycles. The zero-order valence-corrected chi connectivity index (χ0v) is 11.3. The molecule has 0 radical (unpaired) electrons. The molecule has 0 fully saturated rings. The third kappa shape index (κ3) is 2.26. The lowest BCUT2D eigenvalue weighted by Crippen LogP contribution is -2.13. The molecular formula is C16H12ClFN2. The van der Waals surface area contributed by atoms with Crippen LogP contribution in [0, 0.1) is 5.82 Å². The van der Waals surface area contributed by atoms with E-state index in [-0.39, 0.29) is 5.82 Å². The average Bonchev–Trinajstić information content (AvgIpc) is 2.46. The molecule has 0 aliphatic carbocycles. The number of pyridine rings is 1. The van der Waals surface area contributed by atoms with Crippen LogP contribution in [-0.4, -0.2) is 4.98 Å². The predicted octanol–water partition coefficient (Wildman–Crippen LogP) is 4.08. The minimum atomic E-state index is -0.420. The minimum absolute atomic E-state index is 0.332. The Morgan fingerprint density at radius 3 is 2.75 bits per heavy atom. The number of nitrogens with two attached hydrogens (primary N) is 1. The maximum Gasteiger partial charge on any atom is 0.124 e. The summed E-state index contributed by atoms with van der Waals surface area (Å²) in [5.74, 6) is -0.370. The summed E-state index contributed by atoms with van der Waals surface area (Å²) in [6.07, 6.45) is 3.52. The van der Waals surface area contributed by atoms with Crippen LogP contribution in [0.3, 0.4) is 0 Å². The summed E-state index contributed by atoms with van der Waals surface area (Å²) in [4.78, 5) is 4.14. The highest BCUT2D eigenvalue weighted by Gasteiger charge is 2.15. The molecular weight excluding hydrogens is 275 g/mol. The molecule has 1 aromatic heterocycles. The monoisotopic (exact) mass is 286 g/mol. The number of hydrogen-bond donors (Lipinski definition) is 1. The average molecular weight is 287 g/mol. The summed E-state index contributed by atoms with van der Waals surface area (Å²) in [6.45, 7) is 0. The van der Waals surface area contributed by atoms with Crippen LogP contribution in [0.2, 0.25) is 5.02 Å². The molecule has 0 saturated heterocycles. The molecule has 1 atom stereocenters. The van der Waals surface area contributed by atoms with Crippen molar-refractivity contribution in [3.63, 3.8) is 0 Å². The van der Waals surface area contributed by atoms with Crippen LogP contribution in [0.25, 0.3) is 10.8 Å². The van der Waals surface area contributed by atoms with Crippen LogP contribution in [0.4, 0.5) is 4.39 Å². The van der Waals surface area contributed by atoms with Crippen molar-refractivity contribution < 1.29 is 4.39 Å². The van der Waals surface area contributed by atoms with Crippen LogP contribution in [0.1, 0.15) is 17.2 Å². The normalized spacial score (nSPS) is 12.6. The molecule has 100 valence electrons. The Morgan fingerprint density at radius 1 is 1.10 bits per heavy atom. The van der Waals surface area contributed by atoms with Crippen molar-refractivity contribution in [2.24, 2.45) is 5.73 Å². The highest BCUT2D eigenvalue weighted by Crippen LogP contribution is 2.30. The first-order valence-corrected chi connectivity index (χ1v) is 6.58. The third-order valence-electron chi connectivity index (χ3n) is 3.35. The van der Waals surface area contributed by atoms with Crippen LogP contribution >= 0.6 is 11.6 Å². The van der Waals surface area contributed by atoms with Gasteiger partial charge in [0.1, 0.15) is 5.82 Å². The summed E-state index contributed by atoms with van der Waals surface area (Å²) in [5.41, 5.74) is 7.92. The number of rotatable bonds is 2. The Kier molecular flexibility index (Phi) is 3.38. The molecule has 0 aliphatic heterocycles. The van der Waals surface area contributed by atoms with Gasteiger partial charge in [-0.15, -0.1) is 0 Å². The number of fused-ring (bicyclic) bond motifs is 1. The van der Waals surface area contributed by atoms with Crippen LogP contribution in [-0.2, 0) is 0 Å².